The van der Waals surface area contributed by atoms with Gasteiger partial charge in [-0.15, -0.1) is 11.8 Å². The number of nitrogen functional groups attached to an aromatic ring is 1. The Kier molecular flexibility index (Phi) is 4.43. The number of anilines is 1. The number of nitrogens with two attached hydrogens (primary N) is 1. The molecule has 0 radical (unpaired) electrons. The first-order chi connectivity index (χ1) is 9.08. The summed E-state index contributed by atoms with van der Waals surface area (Å²) in [6.45, 7) is 0.358. The number of aromatic nitrogens is 2. The minimum Gasteiger partial charge on any atom is -0.383 e. The number of thioether (sulfide) groups is 1. The summed E-state index contributed by atoms with van der Waals surface area (Å²) >= 11 is 1.31. The van der Waals surface area contributed by atoms with E-state index >= 15 is 0 Å². The fraction of sp³-hybridized carbons (Fsp3) is 0.636. The summed E-state index contributed by atoms with van der Waals surface area (Å²) in [4.78, 5) is 15.4. The molecule has 1 saturated heterocycles. The lowest BCUT2D eigenvalue weighted by Crippen LogP contribution is -2.35. The van der Waals surface area contributed by atoms with Gasteiger partial charge in [-0.25, -0.2) is 9.18 Å². The van der Waals surface area contributed by atoms with E-state index in [9.17, 15) is 9.18 Å². The highest BCUT2D eigenvalue weighted by atomic mass is 32.2. The molecule has 106 valence electrons. The molecule has 8 heteroatoms. The fourth-order valence-corrected chi connectivity index (χ4v) is 3.70. The van der Waals surface area contributed by atoms with Crippen molar-refractivity contribution < 1.29 is 13.9 Å². The Bertz CT molecular complexity index is 498. The van der Waals surface area contributed by atoms with Crippen LogP contribution < -0.4 is 11.4 Å². The molecule has 1 aromatic rings. The summed E-state index contributed by atoms with van der Waals surface area (Å²) in [5.74, 6) is 0.122. The zero-order chi connectivity index (χ0) is 14.0. The number of halogens is 1. The number of alkyl halides is 1. The van der Waals surface area contributed by atoms with Gasteiger partial charge in [-0.1, -0.05) is 0 Å². The average molecular weight is 289 g/mol. The standard InChI is InChI=1S/C11H16FN3O3S/c1-17-5-6-9(18-2)8(12)10(19-6)15-4-3-7(13)14-11(15)16/h3-4,6,8-10H,5H2,1-2H3,(H2,13,14,16)/t6-,8+,9-,10-/m1/s1. The topological polar surface area (TPSA) is 79.4 Å². The third-order valence-corrected chi connectivity index (χ3v) is 4.52. The van der Waals surface area contributed by atoms with Crippen molar-refractivity contribution in [2.45, 2.75) is 22.9 Å². The summed E-state index contributed by atoms with van der Waals surface area (Å²) in [5.41, 5.74) is 4.86. The average Bonchev–Trinajstić information content (AvgIpc) is 2.66. The van der Waals surface area contributed by atoms with Crippen molar-refractivity contribution in [3.05, 3.63) is 22.7 Å². The lowest BCUT2D eigenvalue weighted by molar-refractivity contribution is 0.0183. The van der Waals surface area contributed by atoms with E-state index in [1.807, 2.05) is 0 Å². The summed E-state index contributed by atoms with van der Waals surface area (Å²) in [6.07, 6.45) is -0.464. The number of rotatable bonds is 4. The summed E-state index contributed by atoms with van der Waals surface area (Å²) in [5, 5.41) is -0.842. The van der Waals surface area contributed by atoms with Crippen molar-refractivity contribution in [2.24, 2.45) is 0 Å². The van der Waals surface area contributed by atoms with Gasteiger partial charge < -0.3 is 15.2 Å². The zero-order valence-electron chi connectivity index (χ0n) is 10.7. The molecule has 0 amide bonds. The predicted octanol–water partition coefficient (Wildman–Crippen LogP) is 0.439. The maximum atomic E-state index is 14.4. The van der Waals surface area contributed by atoms with Gasteiger partial charge in [0.15, 0.2) is 6.17 Å². The Morgan fingerprint density at radius 3 is 2.89 bits per heavy atom. The highest BCUT2D eigenvalue weighted by Crippen LogP contribution is 2.44. The SMILES string of the molecule is COC[C@H]1S[C@@H](n2ccc(N)nc2=O)[C@@H](F)[C@@H]1OC. The van der Waals surface area contributed by atoms with Crippen LogP contribution >= 0.6 is 11.8 Å². The third-order valence-electron chi connectivity index (χ3n) is 3.00. The van der Waals surface area contributed by atoms with Crippen LogP contribution in [-0.4, -0.2) is 47.9 Å². The minimum atomic E-state index is -1.31. The largest absolute Gasteiger partial charge is 0.383 e. The van der Waals surface area contributed by atoms with E-state index in [1.54, 1.807) is 7.11 Å². The molecule has 1 fully saturated rings. The van der Waals surface area contributed by atoms with E-state index in [2.05, 4.69) is 4.98 Å². The van der Waals surface area contributed by atoms with Gasteiger partial charge in [0, 0.05) is 20.4 Å². The van der Waals surface area contributed by atoms with E-state index in [0.717, 1.165) is 0 Å². The Hall–Kier alpha value is -1.12. The second kappa shape index (κ2) is 5.89. The van der Waals surface area contributed by atoms with Crippen LogP contribution in [0.2, 0.25) is 0 Å². The van der Waals surface area contributed by atoms with Gasteiger partial charge >= 0.3 is 5.69 Å². The molecule has 1 aromatic heterocycles. The smallest absolute Gasteiger partial charge is 0.350 e. The molecule has 0 bridgehead atoms. The molecule has 2 N–H and O–H groups in total. The molecule has 0 saturated carbocycles. The molecule has 0 aromatic carbocycles. The van der Waals surface area contributed by atoms with Gasteiger partial charge in [0.05, 0.1) is 11.9 Å². The van der Waals surface area contributed by atoms with E-state index < -0.39 is 23.3 Å². The van der Waals surface area contributed by atoms with Crippen LogP contribution in [0.5, 0.6) is 0 Å². The monoisotopic (exact) mass is 289 g/mol. The van der Waals surface area contributed by atoms with Crippen molar-refractivity contribution in [1.82, 2.24) is 9.55 Å². The number of hydrogen-bond acceptors (Lipinski definition) is 6. The molecule has 1 aliphatic rings. The van der Waals surface area contributed by atoms with Crippen LogP contribution in [0.3, 0.4) is 0 Å². The summed E-state index contributed by atoms with van der Waals surface area (Å²) in [7, 11) is 3.00. The van der Waals surface area contributed by atoms with Crippen molar-refractivity contribution in [3.63, 3.8) is 0 Å². The van der Waals surface area contributed by atoms with Crippen molar-refractivity contribution in [2.75, 3.05) is 26.6 Å². The van der Waals surface area contributed by atoms with Crippen LogP contribution in [0.25, 0.3) is 0 Å². The lowest BCUT2D eigenvalue weighted by Gasteiger charge is -2.18. The normalized spacial score (nSPS) is 30.7. The first-order valence-corrected chi connectivity index (χ1v) is 6.68. The lowest BCUT2D eigenvalue weighted by atomic mass is 10.1. The van der Waals surface area contributed by atoms with E-state index in [-0.39, 0.29) is 11.1 Å². The van der Waals surface area contributed by atoms with E-state index in [4.69, 9.17) is 15.2 Å². The minimum absolute atomic E-state index is 0.122. The number of nitrogens with zero attached hydrogens (tertiary/aromatic N) is 2. The maximum absolute atomic E-state index is 14.4. The Morgan fingerprint density at radius 1 is 1.58 bits per heavy atom. The molecule has 2 heterocycles. The first-order valence-electron chi connectivity index (χ1n) is 5.74. The highest BCUT2D eigenvalue weighted by Gasteiger charge is 2.46. The molecule has 0 spiro atoms. The fourth-order valence-electron chi connectivity index (χ4n) is 2.12. The molecular weight excluding hydrogens is 273 g/mol. The molecule has 0 aliphatic carbocycles. The molecule has 1 aliphatic heterocycles. The maximum Gasteiger partial charge on any atom is 0.350 e. The first kappa shape index (κ1) is 14.3. The summed E-state index contributed by atoms with van der Waals surface area (Å²) in [6, 6.07) is 1.47. The quantitative estimate of drug-likeness (QED) is 0.866. The highest BCUT2D eigenvalue weighted by molar-refractivity contribution is 8.00. The second-order valence-electron chi connectivity index (χ2n) is 4.21. The van der Waals surface area contributed by atoms with Crippen molar-refractivity contribution in [1.29, 1.82) is 0 Å². The van der Waals surface area contributed by atoms with Crippen molar-refractivity contribution >= 4 is 17.6 Å². The number of methoxy groups -OCH3 is 2. The van der Waals surface area contributed by atoms with Crippen LogP contribution in [0.1, 0.15) is 5.37 Å². The molecule has 19 heavy (non-hydrogen) atoms. The third kappa shape index (κ3) is 2.75. The Balaban J connectivity index is 2.28. The van der Waals surface area contributed by atoms with Gasteiger partial charge in [-0.3, -0.25) is 4.57 Å². The molecule has 6 nitrogen and oxygen atoms in total. The van der Waals surface area contributed by atoms with Gasteiger partial charge in [0.1, 0.15) is 17.3 Å². The zero-order valence-corrected chi connectivity index (χ0v) is 11.5. The molecular formula is C11H16FN3O3S. The van der Waals surface area contributed by atoms with Crippen molar-refractivity contribution in [3.8, 4) is 0 Å². The van der Waals surface area contributed by atoms with Crippen LogP contribution in [0.15, 0.2) is 17.1 Å². The summed E-state index contributed by atoms with van der Waals surface area (Å²) < 4.78 is 25.8. The van der Waals surface area contributed by atoms with Gasteiger partial charge in [-0.2, -0.15) is 4.98 Å². The number of hydrogen-bond donors (Lipinski definition) is 1. The van der Waals surface area contributed by atoms with Crippen LogP contribution in [0.4, 0.5) is 10.2 Å². The van der Waals surface area contributed by atoms with Crippen LogP contribution in [0, 0.1) is 0 Å². The molecule has 2 rings (SSSR count). The van der Waals surface area contributed by atoms with Gasteiger partial charge in [-0.05, 0) is 6.07 Å². The second-order valence-corrected chi connectivity index (χ2v) is 5.57. The van der Waals surface area contributed by atoms with E-state index in [0.29, 0.717) is 6.61 Å². The Morgan fingerprint density at radius 2 is 2.32 bits per heavy atom. The molecule has 4 atom stereocenters. The Labute approximate surface area is 114 Å². The van der Waals surface area contributed by atoms with E-state index in [1.165, 1.54) is 35.7 Å². The van der Waals surface area contributed by atoms with Gasteiger partial charge in [0.25, 0.3) is 0 Å². The molecule has 0 unspecified atom stereocenters. The van der Waals surface area contributed by atoms with Crippen LogP contribution in [-0.2, 0) is 9.47 Å². The predicted molar refractivity (Wildman–Crippen MR) is 70.9 cm³/mol. The van der Waals surface area contributed by atoms with Gasteiger partial charge in [0.2, 0.25) is 0 Å². The number of ether oxygens (including phenoxy) is 2.